The molecule has 1 aromatic carbocycles. The third-order valence-electron chi connectivity index (χ3n) is 3.46. The molecule has 0 aliphatic heterocycles. The molecular formula is C18H24N2. The summed E-state index contributed by atoms with van der Waals surface area (Å²) in [6.45, 7) is 8.63. The second kappa shape index (κ2) is 6.67. The van der Waals surface area contributed by atoms with E-state index in [4.69, 9.17) is 0 Å². The van der Waals surface area contributed by atoms with Gasteiger partial charge in [-0.3, -0.25) is 4.98 Å². The van der Waals surface area contributed by atoms with Gasteiger partial charge in [0.15, 0.2) is 0 Å². The van der Waals surface area contributed by atoms with Crippen LogP contribution in [0.5, 0.6) is 0 Å². The molecule has 0 amide bonds. The highest BCUT2D eigenvalue weighted by molar-refractivity contribution is 5.27. The van der Waals surface area contributed by atoms with E-state index in [9.17, 15) is 0 Å². The van der Waals surface area contributed by atoms with E-state index >= 15 is 0 Å². The molecule has 2 nitrogen and oxygen atoms in total. The quantitative estimate of drug-likeness (QED) is 0.836. The number of hydrogen-bond donors (Lipinski definition) is 1. The molecule has 0 atom stereocenters. The molecule has 0 saturated heterocycles. The molecule has 1 N–H and O–H groups in total. The molecule has 20 heavy (non-hydrogen) atoms. The Morgan fingerprint density at radius 2 is 1.75 bits per heavy atom. The molecule has 0 unspecified atom stereocenters. The molecule has 1 heterocycles. The predicted octanol–water partition coefficient (Wildman–Crippen LogP) is 3.71. The van der Waals surface area contributed by atoms with Crippen molar-refractivity contribution in [3.63, 3.8) is 0 Å². The van der Waals surface area contributed by atoms with Crippen molar-refractivity contribution in [3.8, 4) is 0 Å². The van der Waals surface area contributed by atoms with Gasteiger partial charge in [0, 0.05) is 18.9 Å². The van der Waals surface area contributed by atoms with Gasteiger partial charge in [-0.15, -0.1) is 0 Å². The van der Waals surface area contributed by atoms with Crippen molar-refractivity contribution >= 4 is 0 Å². The van der Waals surface area contributed by atoms with Crippen molar-refractivity contribution in [3.05, 3.63) is 65.5 Å². The van der Waals surface area contributed by atoms with Crippen LogP contribution in [0.1, 0.15) is 37.5 Å². The lowest BCUT2D eigenvalue weighted by Crippen LogP contribution is -2.17. The molecule has 106 valence electrons. The standard InChI is InChI=1S/C18H24N2/c1-18(2,3)17-8-6-16(7-9-17)14-20-12-10-15-5-4-11-19-13-15/h4-9,11,13,20H,10,12,14H2,1-3H3. The zero-order valence-electron chi connectivity index (χ0n) is 12.7. The van der Waals surface area contributed by atoms with Gasteiger partial charge in [-0.1, -0.05) is 51.1 Å². The van der Waals surface area contributed by atoms with E-state index in [0.717, 1.165) is 19.5 Å². The normalized spacial score (nSPS) is 11.6. The lowest BCUT2D eigenvalue weighted by Gasteiger charge is -2.19. The van der Waals surface area contributed by atoms with Crippen LogP contribution in [0.3, 0.4) is 0 Å². The van der Waals surface area contributed by atoms with Gasteiger partial charge in [0.05, 0.1) is 0 Å². The molecule has 0 radical (unpaired) electrons. The summed E-state index contributed by atoms with van der Waals surface area (Å²) in [7, 11) is 0. The average Bonchev–Trinajstić information content (AvgIpc) is 2.44. The molecular weight excluding hydrogens is 244 g/mol. The lowest BCUT2D eigenvalue weighted by atomic mass is 9.87. The highest BCUT2D eigenvalue weighted by Gasteiger charge is 2.12. The molecule has 2 heteroatoms. The van der Waals surface area contributed by atoms with E-state index in [0.29, 0.717) is 0 Å². The number of rotatable bonds is 5. The first kappa shape index (κ1) is 14.7. The topological polar surface area (TPSA) is 24.9 Å². The monoisotopic (exact) mass is 268 g/mol. The van der Waals surface area contributed by atoms with Crippen LogP contribution < -0.4 is 5.32 Å². The molecule has 0 spiro atoms. The maximum atomic E-state index is 4.13. The highest BCUT2D eigenvalue weighted by Crippen LogP contribution is 2.22. The molecule has 0 bridgehead atoms. The predicted molar refractivity (Wildman–Crippen MR) is 84.8 cm³/mol. The number of hydrogen-bond acceptors (Lipinski definition) is 2. The average molecular weight is 268 g/mol. The Morgan fingerprint density at radius 3 is 2.35 bits per heavy atom. The lowest BCUT2D eigenvalue weighted by molar-refractivity contribution is 0.589. The molecule has 2 aromatic rings. The maximum absolute atomic E-state index is 4.13. The maximum Gasteiger partial charge on any atom is 0.0300 e. The first-order chi connectivity index (χ1) is 9.55. The zero-order valence-corrected chi connectivity index (χ0v) is 12.7. The van der Waals surface area contributed by atoms with Crippen LogP contribution >= 0.6 is 0 Å². The van der Waals surface area contributed by atoms with Crippen molar-refractivity contribution in [1.29, 1.82) is 0 Å². The highest BCUT2D eigenvalue weighted by atomic mass is 14.8. The molecule has 0 aliphatic rings. The van der Waals surface area contributed by atoms with E-state index < -0.39 is 0 Å². The summed E-state index contributed by atoms with van der Waals surface area (Å²) in [6.07, 6.45) is 4.77. The minimum atomic E-state index is 0.228. The van der Waals surface area contributed by atoms with Crippen molar-refractivity contribution in [2.75, 3.05) is 6.54 Å². The van der Waals surface area contributed by atoms with Crippen LogP contribution in [-0.2, 0) is 18.4 Å². The van der Waals surface area contributed by atoms with Gasteiger partial charge >= 0.3 is 0 Å². The number of benzene rings is 1. The van der Waals surface area contributed by atoms with Gasteiger partial charge < -0.3 is 5.32 Å². The molecule has 0 aliphatic carbocycles. The third kappa shape index (κ3) is 4.46. The van der Waals surface area contributed by atoms with Crippen molar-refractivity contribution in [2.24, 2.45) is 0 Å². The Bertz CT molecular complexity index is 509. The van der Waals surface area contributed by atoms with Gasteiger partial charge in [-0.05, 0) is 41.1 Å². The van der Waals surface area contributed by atoms with Gasteiger partial charge in [-0.25, -0.2) is 0 Å². The number of nitrogens with one attached hydrogen (secondary N) is 1. The Hall–Kier alpha value is -1.67. The summed E-state index contributed by atoms with van der Waals surface area (Å²) < 4.78 is 0. The summed E-state index contributed by atoms with van der Waals surface area (Å²) in [5.74, 6) is 0. The molecule has 0 fully saturated rings. The Balaban J connectivity index is 1.77. The number of nitrogens with zero attached hydrogens (tertiary/aromatic N) is 1. The SMILES string of the molecule is CC(C)(C)c1ccc(CNCCc2cccnc2)cc1. The number of aromatic nitrogens is 1. The summed E-state index contributed by atoms with van der Waals surface area (Å²) >= 11 is 0. The van der Waals surface area contributed by atoms with Crippen LogP contribution in [0, 0.1) is 0 Å². The molecule has 2 rings (SSSR count). The van der Waals surface area contributed by atoms with E-state index in [1.165, 1.54) is 16.7 Å². The van der Waals surface area contributed by atoms with E-state index in [-0.39, 0.29) is 5.41 Å². The van der Waals surface area contributed by atoms with Crippen LogP contribution in [0.15, 0.2) is 48.8 Å². The Kier molecular flexibility index (Phi) is 4.91. The number of pyridine rings is 1. The largest absolute Gasteiger partial charge is 0.312 e. The van der Waals surface area contributed by atoms with Gasteiger partial charge in [0.25, 0.3) is 0 Å². The van der Waals surface area contributed by atoms with E-state index in [1.807, 2.05) is 18.5 Å². The summed E-state index contributed by atoms with van der Waals surface area (Å²) in [4.78, 5) is 4.13. The second-order valence-electron chi connectivity index (χ2n) is 6.23. The first-order valence-electron chi connectivity index (χ1n) is 7.25. The third-order valence-corrected chi connectivity index (χ3v) is 3.46. The Morgan fingerprint density at radius 1 is 1.00 bits per heavy atom. The fourth-order valence-corrected chi connectivity index (χ4v) is 2.13. The van der Waals surface area contributed by atoms with Crippen molar-refractivity contribution in [2.45, 2.75) is 39.2 Å². The van der Waals surface area contributed by atoms with Crippen LogP contribution in [0.4, 0.5) is 0 Å². The van der Waals surface area contributed by atoms with Gasteiger partial charge in [-0.2, -0.15) is 0 Å². The fourth-order valence-electron chi connectivity index (χ4n) is 2.13. The smallest absolute Gasteiger partial charge is 0.0300 e. The minimum Gasteiger partial charge on any atom is -0.312 e. The molecule has 0 saturated carbocycles. The van der Waals surface area contributed by atoms with E-state index in [2.05, 4.69) is 61.4 Å². The van der Waals surface area contributed by atoms with Crippen LogP contribution in [0.2, 0.25) is 0 Å². The first-order valence-corrected chi connectivity index (χ1v) is 7.25. The van der Waals surface area contributed by atoms with Crippen molar-refractivity contribution < 1.29 is 0 Å². The molecule has 1 aromatic heterocycles. The van der Waals surface area contributed by atoms with Crippen molar-refractivity contribution in [1.82, 2.24) is 10.3 Å². The second-order valence-corrected chi connectivity index (χ2v) is 6.23. The van der Waals surface area contributed by atoms with E-state index in [1.54, 1.807) is 0 Å². The van der Waals surface area contributed by atoms with Crippen LogP contribution in [0.25, 0.3) is 0 Å². The summed E-state index contributed by atoms with van der Waals surface area (Å²) in [5.41, 5.74) is 4.23. The van der Waals surface area contributed by atoms with Gasteiger partial charge in [0.2, 0.25) is 0 Å². The fraction of sp³-hybridized carbons (Fsp3) is 0.389. The minimum absolute atomic E-state index is 0.228. The van der Waals surface area contributed by atoms with Gasteiger partial charge in [0.1, 0.15) is 0 Å². The zero-order chi connectivity index (χ0) is 14.4. The summed E-state index contributed by atoms with van der Waals surface area (Å²) in [6, 6.07) is 13.0. The summed E-state index contributed by atoms with van der Waals surface area (Å²) in [5, 5.41) is 3.48. The van der Waals surface area contributed by atoms with Crippen LogP contribution in [-0.4, -0.2) is 11.5 Å². The Labute approximate surface area is 122 Å².